The Morgan fingerprint density at radius 3 is 2.12 bits per heavy atom. The fraction of sp³-hybridized carbons (Fsp3) is 0.378. The number of aromatic amines is 1. The van der Waals surface area contributed by atoms with Gasteiger partial charge in [-0.3, -0.25) is 19.1 Å². The van der Waals surface area contributed by atoms with Crippen LogP contribution in [0.5, 0.6) is 0 Å². The van der Waals surface area contributed by atoms with Crippen molar-refractivity contribution in [1.29, 1.82) is 0 Å². The summed E-state index contributed by atoms with van der Waals surface area (Å²) in [6, 6.07) is 31.0. The summed E-state index contributed by atoms with van der Waals surface area (Å²) >= 11 is 0. The molecule has 2 heterocycles. The fourth-order valence-electron chi connectivity index (χ4n) is 6.86. The molecule has 1 fully saturated rings. The zero-order valence-corrected chi connectivity index (χ0v) is 29.7. The fourth-order valence-corrected chi connectivity index (χ4v) is 11.5. The van der Waals surface area contributed by atoms with E-state index in [2.05, 4.69) is 60.0 Å². The monoisotopic (exact) mass is 697 g/mol. The molecule has 3 aromatic carbocycles. The van der Waals surface area contributed by atoms with Crippen LogP contribution in [0.1, 0.15) is 52.3 Å². The minimum Gasteiger partial charge on any atom is -0.455 e. The van der Waals surface area contributed by atoms with Crippen molar-refractivity contribution < 1.29 is 23.4 Å². The Bertz CT molecular complexity index is 1850. The SMILES string of the molecule is CC(=O)O[C@H]1[C@H](n2ccc(=O)[nH]c2=O)O[C@](CCCN=[N+]=[N-])(CO[Si](c2ccccc2)(c2ccccc2)C(C)(C)C)[C@H]1OCc1ccccc1. The molecule has 1 N–H and O–H groups in total. The molecule has 12 nitrogen and oxygen atoms in total. The Hall–Kier alpha value is -4.78. The lowest BCUT2D eigenvalue weighted by Gasteiger charge is -2.46. The van der Waals surface area contributed by atoms with Crippen LogP contribution in [0.3, 0.4) is 0 Å². The van der Waals surface area contributed by atoms with Crippen molar-refractivity contribution in [3.63, 3.8) is 0 Å². The number of esters is 1. The second kappa shape index (κ2) is 15.8. The largest absolute Gasteiger partial charge is 0.455 e. The molecule has 4 atom stereocenters. The Morgan fingerprint density at radius 2 is 1.58 bits per heavy atom. The first-order chi connectivity index (χ1) is 24.0. The number of rotatable bonds is 14. The molecule has 1 aliphatic rings. The molecule has 0 spiro atoms. The molecule has 1 aromatic heterocycles. The van der Waals surface area contributed by atoms with Crippen molar-refractivity contribution in [2.24, 2.45) is 5.11 Å². The third kappa shape index (κ3) is 7.82. The zero-order chi connectivity index (χ0) is 35.8. The third-order valence-corrected chi connectivity index (χ3v) is 14.0. The van der Waals surface area contributed by atoms with Crippen LogP contribution >= 0.6 is 0 Å². The van der Waals surface area contributed by atoms with Crippen LogP contribution in [-0.4, -0.2) is 54.8 Å². The molecule has 1 saturated heterocycles. The molecule has 262 valence electrons. The maximum atomic E-state index is 13.2. The molecule has 1 aliphatic heterocycles. The van der Waals surface area contributed by atoms with E-state index in [0.717, 1.165) is 15.9 Å². The number of azide groups is 1. The highest BCUT2D eigenvalue weighted by Gasteiger charge is 2.60. The van der Waals surface area contributed by atoms with E-state index in [1.165, 1.54) is 23.8 Å². The number of H-pyrrole nitrogens is 1. The molecule has 0 amide bonds. The van der Waals surface area contributed by atoms with Gasteiger partial charge in [0.05, 0.1) is 13.2 Å². The van der Waals surface area contributed by atoms with Gasteiger partial charge in [0, 0.05) is 30.6 Å². The summed E-state index contributed by atoms with van der Waals surface area (Å²) in [7, 11) is -3.15. The minimum absolute atomic E-state index is 0.0254. The molecular formula is C37H43N5O7Si. The van der Waals surface area contributed by atoms with Crippen LogP contribution in [0, 0.1) is 0 Å². The van der Waals surface area contributed by atoms with Gasteiger partial charge in [-0.2, -0.15) is 0 Å². The van der Waals surface area contributed by atoms with Gasteiger partial charge in [0.25, 0.3) is 13.9 Å². The molecule has 4 aromatic rings. The number of nitrogens with one attached hydrogen (secondary N) is 1. The molecule has 0 saturated carbocycles. The maximum Gasteiger partial charge on any atom is 0.330 e. The predicted molar refractivity (Wildman–Crippen MR) is 192 cm³/mol. The van der Waals surface area contributed by atoms with Gasteiger partial charge in [0.1, 0.15) is 11.7 Å². The topological polar surface area (TPSA) is 158 Å². The van der Waals surface area contributed by atoms with E-state index < -0.39 is 49.6 Å². The van der Waals surface area contributed by atoms with E-state index in [1.807, 2.05) is 66.7 Å². The Labute approximate surface area is 291 Å². The summed E-state index contributed by atoms with van der Waals surface area (Å²) in [5, 5.41) is 5.48. The van der Waals surface area contributed by atoms with Crippen molar-refractivity contribution in [1.82, 2.24) is 9.55 Å². The number of nitrogens with zero attached hydrogens (tertiary/aromatic N) is 4. The highest BCUT2D eigenvalue weighted by atomic mass is 28.4. The van der Waals surface area contributed by atoms with Crippen LogP contribution in [0.25, 0.3) is 10.4 Å². The number of carbonyl (C=O) groups excluding carboxylic acids is 1. The summed E-state index contributed by atoms with van der Waals surface area (Å²) in [6.45, 7) is 8.04. The van der Waals surface area contributed by atoms with Gasteiger partial charge in [-0.25, -0.2) is 4.79 Å². The first kappa shape index (κ1) is 36.5. The quantitative estimate of drug-likeness (QED) is 0.0486. The first-order valence-electron chi connectivity index (χ1n) is 16.6. The van der Waals surface area contributed by atoms with Gasteiger partial charge in [-0.05, 0) is 39.3 Å². The number of benzene rings is 3. The number of hydrogen-bond donors (Lipinski definition) is 1. The van der Waals surface area contributed by atoms with E-state index in [4.69, 9.17) is 24.2 Å². The molecule has 0 bridgehead atoms. The smallest absolute Gasteiger partial charge is 0.330 e. The van der Waals surface area contributed by atoms with Crippen LogP contribution in [0.4, 0.5) is 0 Å². The van der Waals surface area contributed by atoms with Gasteiger partial charge < -0.3 is 18.6 Å². The zero-order valence-electron chi connectivity index (χ0n) is 28.7. The number of ether oxygens (including phenoxy) is 3. The van der Waals surface area contributed by atoms with Crippen molar-refractivity contribution in [2.75, 3.05) is 13.2 Å². The number of hydrogen-bond acceptors (Lipinski definition) is 8. The minimum atomic E-state index is -3.15. The van der Waals surface area contributed by atoms with Crippen LogP contribution in [0.15, 0.2) is 118 Å². The molecule has 0 unspecified atom stereocenters. The van der Waals surface area contributed by atoms with E-state index in [-0.39, 0.29) is 31.2 Å². The van der Waals surface area contributed by atoms with Crippen LogP contribution < -0.4 is 21.6 Å². The summed E-state index contributed by atoms with van der Waals surface area (Å²) in [5.41, 5.74) is 7.30. The maximum absolute atomic E-state index is 13.2. The Kier molecular flexibility index (Phi) is 11.6. The van der Waals surface area contributed by atoms with Gasteiger partial charge >= 0.3 is 11.7 Å². The van der Waals surface area contributed by atoms with Gasteiger partial charge in [-0.1, -0.05) is 117 Å². The second-order valence-electron chi connectivity index (χ2n) is 13.4. The molecular weight excluding hydrogens is 655 g/mol. The molecule has 0 aliphatic carbocycles. The normalized spacial score (nSPS) is 20.6. The number of aromatic nitrogens is 2. The highest BCUT2D eigenvalue weighted by Crippen LogP contribution is 2.46. The van der Waals surface area contributed by atoms with E-state index in [0.29, 0.717) is 6.42 Å². The lowest BCUT2D eigenvalue weighted by Crippen LogP contribution is -2.68. The summed E-state index contributed by atoms with van der Waals surface area (Å²) < 4.78 is 28.2. The van der Waals surface area contributed by atoms with Crippen molar-refractivity contribution in [2.45, 2.75) is 76.2 Å². The Morgan fingerprint density at radius 1 is 0.980 bits per heavy atom. The van der Waals surface area contributed by atoms with Gasteiger partial charge in [0.2, 0.25) is 0 Å². The highest BCUT2D eigenvalue weighted by molar-refractivity contribution is 6.99. The van der Waals surface area contributed by atoms with E-state index in [1.54, 1.807) is 0 Å². The average Bonchev–Trinajstić information content (AvgIpc) is 3.38. The lowest BCUT2D eigenvalue weighted by atomic mass is 9.90. The van der Waals surface area contributed by atoms with Crippen molar-refractivity contribution in [3.8, 4) is 0 Å². The van der Waals surface area contributed by atoms with E-state index in [9.17, 15) is 14.4 Å². The summed E-state index contributed by atoms with van der Waals surface area (Å²) in [6.07, 6.45) is -1.32. The molecule has 0 radical (unpaired) electrons. The Balaban J connectivity index is 1.69. The van der Waals surface area contributed by atoms with Crippen LogP contribution in [-0.2, 0) is 30.0 Å². The molecule has 5 rings (SSSR count). The van der Waals surface area contributed by atoms with Gasteiger partial charge in [0.15, 0.2) is 12.3 Å². The van der Waals surface area contributed by atoms with Crippen molar-refractivity contribution >= 4 is 24.7 Å². The number of carbonyl (C=O) groups is 1. The van der Waals surface area contributed by atoms with Crippen LogP contribution in [0.2, 0.25) is 5.04 Å². The summed E-state index contributed by atoms with van der Waals surface area (Å²) in [5.74, 6) is -0.604. The molecule has 50 heavy (non-hydrogen) atoms. The predicted octanol–water partition coefficient (Wildman–Crippen LogP) is 4.99. The summed E-state index contributed by atoms with van der Waals surface area (Å²) in [4.78, 5) is 43.2. The molecule has 13 heteroatoms. The third-order valence-electron chi connectivity index (χ3n) is 9.02. The second-order valence-corrected chi connectivity index (χ2v) is 17.7. The van der Waals surface area contributed by atoms with Gasteiger partial charge in [-0.15, -0.1) is 0 Å². The first-order valence-corrected chi connectivity index (χ1v) is 18.5. The standard InChI is InChI=1S/C37H43N5O7Si/c1-27(43)48-32-33(46-25-28-15-8-5-9-16-28)37(22-14-23-39-41-38,49-34(32)42-24-21-31(44)40-35(42)45)26-47-50(36(2,3)4,29-17-10-6-11-18-29)30-19-12-7-13-20-30/h5-13,15-21,24,32-34H,14,22-23,25-26H2,1-4H3,(H,40,44,45)/t32-,33+,34-,37-/m1/s1. The average molecular weight is 698 g/mol. The van der Waals surface area contributed by atoms with E-state index >= 15 is 0 Å². The lowest BCUT2D eigenvalue weighted by molar-refractivity contribution is -0.159. The van der Waals surface area contributed by atoms with Crippen molar-refractivity contribution in [3.05, 3.63) is 140 Å².